The minimum atomic E-state index is -0.349. The van der Waals surface area contributed by atoms with E-state index < -0.39 is 0 Å². The molecule has 1 aromatic rings. The molecule has 0 bridgehead atoms. The Balaban J connectivity index is 2.82. The predicted octanol–water partition coefficient (Wildman–Crippen LogP) is 1.02. The maximum atomic E-state index is 11.5. The second kappa shape index (κ2) is 4.59. The summed E-state index contributed by atoms with van der Waals surface area (Å²) in [5.74, 6) is -0.384. The molecule has 0 radical (unpaired) electrons. The molecule has 0 aromatic heterocycles. The van der Waals surface area contributed by atoms with Crippen molar-refractivity contribution in [2.45, 2.75) is 13.8 Å². The fourth-order valence-corrected chi connectivity index (χ4v) is 1.17. The maximum Gasteiger partial charge on any atom is 0.252 e. The van der Waals surface area contributed by atoms with Crippen LogP contribution in [0, 0.1) is 6.92 Å². The Kier molecular flexibility index (Phi) is 3.44. The van der Waals surface area contributed by atoms with Gasteiger partial charge in [0, 0.05) is 11.1 Å². The van der Waals surface area contributed by atoms with Crippen LogP contribution < -0.4 is 5.32 Å². The lowest BCUT2D eigenvalue weighted by Gasteiger charge is -2.07. The topological polar surface area (TPSA) is 66.4 Å². The van der Waals surface area contributed by atoms with Crippen molar-refractivity contribution in [2.75, 3.05) is 6.54 Å². The van der Waals surface area contributed by atoms with Gasteiger partial charge < -0.3 is 10.4 Å². The summed E-state index contributed by atoms with van der Waals surface area (Å²) >= 11 is 0. The molecule has 15 heavy (non-hydrogen) atoms. The first kappa shape index (κ1) is 11.2. The standard InChI is InChI=1S/C11H13NO3/c1-7(13)6-12-11(15)9-4-3-5-10(14)8(9)2/h3-5,14H,6H2,1-2H3,(H,12,15). The van der Waals surface area contributed by atoms with E-state index >= 15 is 0 Å². The first-order chi connectivity index (χ1) is 7.02. The van der Waals surface area contributed by atoms with Gasteiger partial charge in [0.15, 0.2) is 0 Å². The molecular formula is C11H13NO3. The van der Waals surface area contributed by atoms with Gasteiger partial charge in [-0.15, -0.1) is 0 Å². The van der Waals surface area contributed by atoms with Crippen molar-refractivity contribution >= 4 is 11.7 Å². The molecule has 0 saturated carbocycles. The Bertz CT molecular complexity index is 399. The van der Waals surface area contributed by atoms with E-state index in [9.17, 15) is 14.7 Å². The molecular weight excluding hydrogens is 194 g/mol. The molecule has 0 saturated heterocycles. The number of rotatable bonds is 3. The Morgan fingerprint density at radius 1 is 1.40 bits per heavy atom. The maximum absolute atomic E-state index is 11.5. The van der Waals surface area contributed by atoms with Gasteiger partial charge in [0.2, 0.25) is 0 Å². The van der Waals surface area contributed by atoms with Crippen LogP contribution in [0.15, 0.2) is 18.2 Å². The molecule has 1 amide bonds. The van der Waals surface area contributed by atoms with Gasteiger partial charge in [-0.05, 0) is 26.0 Å². The van der Waals surface area contributed by atoms with Gasteiger partial charge in [0.05, 0.1) is 6.54 Å². The molecule has 4 heteroatoms. The fraction of sp³-hybridized carbons (Fsp3) is 0.273. The first-order valence-corrected chi connectivity index (χ1v) is 4.58. The number of Topliss-reactive ketones (excluding diaryl/α,β-unsaturated/α-hetero) is 1. The van der Waals surface area contributed by atoms with Crippen LogP contribution in [0.4, 0.5) is 0 Å². The quantitative estimate of drug-likeness (QED) is 0.777. The van der Waals surface area contributed by atoms with E-state index in [0.717, 1.165) is 0 Å². The Hall–Kier alpha value is -1.84. The highest BCUT2D eigenvalue weighted by Gasteiger charge is 2.10. The van der Waals surface area contributed by atoms with Gasteiger partial charge >= 0.3 is 0 Å². The van der Waals surface area contributed by atoms with E-state index in [1.807, 2.05) is 0 Å². The summed E-state index contributed by atoms with van der Waals surface area (Å²) in [4.78, 5) is 22.2. The SMILES string of the molecule is CC(=O)CNC(=O)c1cccc(O)c1C. The number of amides is 1. The molecule has 1 rings (SSSR count). The minimum absolute atomic E-state index is 0.00787. The van der Waals surface area contributed by atoms with Crippen LogP contribution in [0.1, 0.15) is 22.8 Å². The van der Waals surface area contributed by atoms with Crippen molar-refractivity contribution in [1.29, 1.82) is 0 Å². The van der Waals surface area contributed by atoms with E-state index in [1.54, 1.807) is 19.1 Å². The Labute approximate surface area is 87.9 Å². The zero-order chi connectivity index (χ0) is 11.4. The molecule has 0 aliphatic heterocycles. The second-order valence-electron chi connectivity index (χ2n) is 3.33. The number of hydrogen-bond donors (Lipinski definition) is 2. The highest BCUT2D eigenvalue weighted by molar-refractivity contribution is 5.98. The fourth-order valence-electron chi connectivity index (χ4n) is 1.17. The lowest BCUT2D eigenvalue weighted by atomic mass is 10.1. The van der Waals surface area contributed by atoms with E-state index in [1.165, 1.54) is 13.0 Å². The number of carbonyl (C=O) groups is 2. The van der Waals surface area contributed by atoms with Crippen molar-refractivity contribution < 1.29 is 14.7 Å². The Morgan fingerprint density at radius 2 is 2.07 bits per heavy atom. The van der Waals surface area contributed by atoms with Gasteiger partial charge in [0.25, 0.3) is 5.91 Å². The summed E-state index contributed by atoms with van der Waals surface area (Å²) in [5, 5.41) is 11.8. The number of hydrogen-bond acceptors (Lipinski definition) is 3. The predicted molar refractivity (Wildman–Crippen MR) is 55.9 cm³/mol. The molecule has 0 heterocycles. The van der Waals surface area contributed by atoms with Crippen LogP contribution in [0.5, 0.6) is 5.75 Å². The number of ketones is 1. The number of benzene rings is 1. The molecule has 0 aliphatic rings. The van der Waals surface area contributed by atoms with Crippen molar-refractivity contribution in [3.63, 3.8) is 0 Å². The molecule has 0 spiro atoms. The summed E-state index contributed by atoms with van der Waals surface area (Å²) in [6.45, 7) is 3.06. The monoisotopic (exact) mass is 207 g/mol. The summed E-state index contributed by atoms with van der Waals surface area (Å²) < 4.78 is 0. The summed E-state index contributed by atoms with van der Waals surface area (Å²) in [6, 6.07) is 4.70. The van der Waals surface area contributed by atoms with Gasteiger partial charge in [0.1, 0.15) is 11.5 Å². The van der Waals surface area contributed by atoms with E-state index in [-0.39, 0.29) is 24.0 Å². The highest BCUT2D eigenvalue weighted by atomic mass is 16.3. The smallest absolute Gasteiger partial charge is 0.252 e. The summed E-state index contributed by atoms with van der Waals surface area (Å²) in [6.07, 6.45) is 0. The minimum Gasteiger partial charge on any atom is -0.508 e. The molecule has 80 valence electrons. The molecule has 1 aromatic carbocycles. The third kappa shape index (κ3) is 2.80. The van der Waals surface area contributed by atoms with Crippen molar-refractivity contribution in [3.8, 4) is 5.75 Å². The Morgan fingerprint density at radius 3 is 2.67 bits per heavy atom. The van der Waals surface area contributed by atoms with Gasteiger partial charge in [-0.2, -0.15) is 0 Å². The number of phenolic OH excluding ortho intramolecular Hbond substituents is 1. The average Bonchev–Trinajstić information content (AvgIpc) is 2.18. The van der Waals surface area contributed by atoms with Crippen LogP contribution in [-0.2, 0) is 4.79 Å². The summed E-state index contributed by atoms with van der Waals surface area (Å²) in [5.41, 5.74) is 0.898. The number of carbonyl (C=O) groups excluding carboxylic acids is 2. The molecule has 4 nitrogen and oxygen atoms in total. The van der Waals surface area contributed by atoms with Crippen molar-refractivity contribution in [2.24, 2.45) is 0 Å². The van der Waals surface area contributed by atoms with Crippen molar-refractivity contribution in [1.82, 2.24) is 5.32 Å². The van der Waals surface area contributed by atoms with Crippen LogP contribution in [-0.4, -0.2) is 23.3 Å². The summed E-state index contributed by atoms with van der Waals surface area (Å²) in [7, 11) is 0. The number of phenols is 1. The van der Waals surface area contributed by atoms with E-state index in [4.69, 9.17) is 0 Å². The largest absolute Gasteiger partial charge is 0.508 e. The third-order valence-corrected chi connectivity index (χ3v) is 2.05. The first-order valence-electron chi connectivity index (χ1n) is 4.58. The highest BCUT2D eigenvalue weighted by Crippen LogP contribution is 2.19. The average molecular weight is 207 g/mol. The number of nitrogens with one attached hydrogen (secondary N) is 1. The molecule has 2 N–H and O–H groups in total. The lowest BCUT2D eigenvalue weighted by molar-refractivity contribution is -0.116. The molecule has 0 aliphatic carbocycles. The normalized spacial score (nSPS) is 9.73. The zero-order valence-corrected chi connectivity index (χ0v) is 8.70. The molecule has 0 atom stereocenters. The molecule has 0 unspecified atom stereocenters. The second-order valence-corrected chi connectivity index (χ2v) is 3.33. The zero-order valence-electron chi connectivity index (χ0n) is 8.70. The van der Waals surface area contributed by atoms with E-state index in [2.05, 4.69) is 5.32 Å². The van der Waals surface area contributed by atoms with Gasteiger partial charge in [-0.25, -0.2) is 0 Å². The lowest BCUT2D eigenvalue weighted by Crippen LogP contribution is -2.28. The third-order valence-electron chi connectivity index (χ3n) is 2.05. The van der Waals surface area contributed by atoms with Crippen LogP contribution >= 0.6 is 0 Å². The number of aromatic hydroxyl groups is 1. The van der Waals surface area contributed by atoms with Crippen LogP contribution in [0.2, 0.25) is 0 Å². The van der Waals surface area contributed by atoms with E-state index in [0.29, 0.717) is 11.1 Å². The molecule has 0 fully saturated rings. The van der Waals surface area contributed by atoms with Crippen LogP contribution in [0.3, 0.4) is 0 Å². The van der Waals surface area contributed by atoms with Crippen molar-refractivity contribution in [3.05, 3.63) is 29.3 Å². The van der Waals surface area contributed by atoms with Gasteiger partial charge in [-0.1, -0.05) is 6.07 Å². The van der Waals surface area contributed by atoms with Gasteiger partial charge in [-0.3, -0.25) is 9.59 Å². The van der Waals surface area contributed by atoms with Crippen LogP contribution in [0.25, 0.3) is 0 Å².